The van der Waals surface area contributed by atoms with Gasteiger partial charge in [-0.1, -0.05) is 12.1 Å². The fourth-order valence-electron chi connectivity index (χ4n) is 1.37. The van der Waals surface area contributed by atoms with E-state index >= 15 is 0 Å². The number of halogens is 1. The van der Waals surface area contributed by atoms with E-state index in [2.05, 4.69) is 0 Å². The summed E-state index contributed by atoms with van der Waals surface area (Å²) in [6.45, 7) is 0.135. The number of benzene rings is 1. The van der Waals surface area contributed by atoms with Crippen LogP contribution in [0.4, 0.5) is 5.13 Å². The Hall–Kier alpha value is -1.14. The molecular formula is C9H10BrN3OS. The minimum Gasteiger partial charge on any atom is -1.00 e. The van der Waals surface area contributed by atoms with Crippen LogP contribution in [-0.2, 0) is 11.3 Å². The average molecular weight is 288 g/mol. The van der Waals surface area contributed by atoms with Crippen molar-refractivity contribution in [1.29, 1.82) is 0 Å². The van der Waals surface area contributed by atoms with Crippen LogP contribution in [0.1, 0.15) is 0 Å². The Morgan fingerprint density at radius 1 is 1.40 bits per heavy atom. The third-order valence-electron chi connectivity index (χ3n) is 1.95. The van der Waals surface area contributed by atoms with E-state index in [-0.39, 0.29) is 29.4 Å². The lowest BCUT2D eigenvalue weighted by molar-refractivity contribution is -0.639. The van der Waals surface area contributed by atoms with Gasteiger partial charge in [-0.05, 0) is 23.5 Å². The number of nitrogens with zero attached hydrogens (tertiary/aromatic N) is 1. The van der Waals surface area contributed by atoms with Crippen molar-refractivity contribution in [2.24, 2.45) is 5.73 Å². The fourth-order valence-corrected chi connectivity index (χ4v) is 2.30. The number of fused-ring (bicyclic) bond motifs is 1. The number of hydrogen-bond donors (Lipinski definition) is 2. The van der Waals surface area contributed by atoms with Gasteiger partial charge in [-0.15, -0.1) is 0 Å². The standard InChI is InChI=1S/C9H9N3OS.BrH/c10-8(13)5-12-6-3-1-2-4-7(6)14-9(12)11;/h1-4,11H,5H2,(H2,10,13);1H. The molecule has 6 heteroatoms. The molecule has 0 spiro atoms. The van der Waals surface area contributed by atoms with E-state index in [1.165, 1.54) is 11.3 Å². The number of thiazole rings is 1. The number of anilines is 1. The zero-order valence-corrected chi connectivity index (χ0v) is 10.2. The minimum atomic E-state index is -0.384. The van der Waals surface area contributed by atoms with Gasteiger partial charge in [-0.3, -0.25) is 10.5 Å². The van der Waals surface area contributed by atoms with Gasteiger partial charge >= 0.3 is 5.13 Å². The van der Waals surface area contributed by atoms with Crippen LogP contribution in [0, 0.1) is 0 Å². The van der Waals surface area contributed by atoms with Crippen LogP contribution in [0.5, 0.6) is 0 Å². The summed E-state index contributed by atoms with van der Waals surface area (Å²) in [6, 6.07) is 7.73. The summed E-state index contributed by atoms with van der Waals surface area (Å²) in [5, 5.41) is 0.602. The Morgan fingerprint density at radius 2 is 2.07 bits per heavy atom. The largest absolute Gasteiger partial charge is 1.00 e. The molecule has 4 N–H and O–H groups in total. The number of hydrogen-bond acceptors (Lipinski definition) is 3. The van der Waals surface area contributed by atoms with Gasteiger partial charge in [-0.2, -0.15) is 0 Å². The topological polar surface area (TPSA) is 73.0 Å². The van der Waals surface area contributed by atoms with Crippen molar-refractivity contribution in [3.63, 3.8) is 0 Å². The quantitative estimate of drug-likeness (QED) is 0.589. The van der Waals surface area contributed by atoms with E-state index in [1.807, 2.05) is 24.3 Å². The first-order chi connectivity index (χ1) is 6.68. The van der Waals surface area contributed by atoms with E-state index in [4.69, 9.17) is 11.5 Å². The summed E-state index contributed by atoms with van der Waals surface area (Å²) < 4.78 is 2.79. The molecule has 1 aromatic heterocycles. The van der Waals surface area contributed by atoms with Crippen LogP contribution in [0.15, 0.2) is 24.3 Å². The molecule has 1 aromatic carbocycles. The Morgan fingerprint density at radius 3 is 2.73 bits per heavy atom. The molecule has 2 rings (SSSR count). The highest BCUT2D eigenvalue weighted by Crippen LogP contribution is 2.20. The van der Waals surface area contributed by atoms with E-state index < -0.39 is 0 Å². The number of rotatable bonds is 2. The Kier molecular flexibility index (Phi) is 3.65. The Bertz CT molecular complexity index is 497. The third kappa shape index (κ3) is 2.27. The first-order valence-corrected chi connectivity index (χ1v) is 4.95. The third-order valence-corrected chi connectivity index (χ3v) is 2.95. The summed E-state index contributed by atoms with van der Waals surface area (Å²) >= 11 is 1.45. The van der Waals surface area contributed by atoms with Crippen LogP contribution in [-0.4, -0.2) is 5.91 Å². The number of aromatic nitrogens is 1. The Labute approximate surface area is 101 Å². The lowest BCUT2D eigenvalue weighted by Gasteiger charge is -1.94. The molecule has 0 radical (unpaired) electrons. The predicted molar refractivity (Wildman–Crippen MR) is 55.6 cm³/mol. The molecule has 0 saturated heterocycles. The van der Waals surface area contributed by atoms with E-state index in [0.29, 0.717) is 5.13 Å². The lowest BCUT2D eigenvalue weighted by Crippen LogP contribution is -3.00. The van der Waals surface area contributed by atoms with Crippen molar-refractivity contribution in [3.8, 4) is 0 Å². The normalized spacial score (nSPS) is 9.87. The minimum absolute atomic E-state index is 0. The molecule has 0 saturated carbocycles. The van der Waals surface area contributed by atoms with Gasteiger partial charge in [0.1, 0.15) is 5.52 Å². The maximum atomic E-state index is 10.8. The van der Waals surface area contributed by atoms with Gasteiger partial charge in [0.2, 0.25) is 0 Å². The van der Waals surface area contributed by atoms with Gasteiger partial charge in [0.05, 0.1) is 4.70 Å². The molecule has 80 valence electrons. The van der Waals surface area contributed by atoms with Crippen LogP contribution in [0.25, 0.3) is 10.2 Å². The van der Waals surface area contributed by atoms with Crippen molar-refractivity contribution in [3.05, 3.63) is 24.3 Å². The Balaban J connectivity index is 0.00000112. The molecule has 0 unspecified atom stereocenters. The monoisotopic (exact) mass is 287 g/mol. The number of carbonyl (C=O) groups is 1. The molecule has 0 bridgehead atoms. The van der Waals surface area contributed by atoms with Gasteiger partial charge in [0.25, 0.3) is 5.91 Å². The molecule has 4 nitrogen and oxygen atoms in total. The van der Waals surface area contributed by atoms with Crippen LogP contribution in [0.2, 0.25) is 0 Å². The van der Waals surface area contributed by atoms with Crippen LogP contribution < -0.4 is 33.0 Å². The fraction of sp³-hybridized carbons (Fsp3) is 0.111. The predicted octanol–water partition coefficient (Wildman–Crippen LogP) is -2.74. The number of nitrogens with two attached hydrogens (primary N) is 2. The molecule has 0 atom stereocenters. The second kappa shape index (κ2) is 4.59. The van der Waals surface area contributed by atoms with Gasteiger partial charge in [0.15, 0.2) is 6.54 Å². The van der Waals surface area contributed by atoms with Crippen LogP contribution in [0.3, 0.4) is 0 Å². The highest BCUT2D eigenvalue weighted by molar-refractivity contribution is 7.21. The van der Waals surface area contributed by atoms with Crippen molar-refractivity contribution in [1.82, 2.24) is 0 Å². The molecule has 2 aromatic rings. The molecule has 1 amide bonds. The summed E-state index contributed by atoms with van der Waals surface area (Å²) in [4.78, 5) is 10.8. The number of para-hydroxylation sites is 1. The van der Waals surface area contributed by atoms with Gasteiger partial charge in [-0.25, -0.2) is 4.57 Å². The summed E-state index contributed by atoms with van der Waals surface area (Å²) in [6.07, 6.45) is 0. The van der Waals surface area contributed by atoms with E-state index in [0.717, 1.165) is 10.2 Å². The van der Waals surface area contributed by atoms with Crippen LogP contribution >= 0.6 is 11.3 Å². The lowest BCUT2D eigenvalue weighted by atomic mass is 10.3. The van der Waals surface area contributed by atoms with Gasteiger partial charge in [0, 0.05) is 0 Å². The summed E-state index contributed by atoms with van der Waals surface area (Å²) in [5.41, 5.74) is 11.9. The van der Waals surface area contributed by atoms with Crippen molar-refractivity contribution < 1.29 is 26.3 Å². The first kappa shape index (κ1) is 11.9. The van der Waals surface area contributed by atoms with E-state index in [1.54, 1.807) is 4.57 Å². The number of carbonyl (C=O) groups excluding carboxylic acids is 1. The maximum Gasteiger partial charge on any atom is 0.333 e. The second-order valence-corrected chi connectivity index (χ2v) is 4.02. The smallest absolute Gasteiger partial charge is 0.333 e. The molecule has 0 fully saturated rings. The SMILES string of the molecule is NC(=O)C[n+]1c(N)sc2ccccc21.[Br-]. The maximum absolute atomic E-state index is 10.8. The zero-order valence-electron chi connectivity index (χ0n) is 7.81. The molecule has 1 heterocycles. The molecule has 15 heavy (non-hydrogen) atoms. The first-order valence-electron chi connectivity index (χ1n) is 4.13. The number of primary amides is 1. The van der Waals surface area contributed by atoms with E-state index in [9.17, 15) is 4.79 Å². The molecule has 0 aliphatic rings. The molecule has 0 aliphatic heterocycles. The molecule has 0 aliphatic carbocycles. The summed E-state index contributed by atoms with van der Waals surface area (Å²) in [5.74, 6) is -0.384. The number of nitrogen functional groups attached to an aromatic ring is 1. The van der Waals surface area contributed by atoms with Crippen molar-refractivity contribution in [2.45, 2.75) is 6.54 Å². The second-order valence-electron chi connectivity index (χ2n) is 2.96. The highest BCUT2D eigenvalue weighted by atomic mass is 79.9. The van der Waals surface area contributed by atoms with Gasteiger partial charge < -0.3 is 22.7 Å². The average Bonchev–Trinajstić information content (AvgIpc) is 2.43. The highest BCUT2D eigenvalue weighted by Gasteiger charge is 2.15. The summed E-state index contributed by atoms with van der Waals surface area (Å²) in [7, 11) is 0. The number of amides is 1. The molecular weight excluding hydrogens is 278 g/mol. The van der Waals surface area contributed by atoms with Crippen molar-refractivity contribution >= 4 is 32.6 Å². The zero-order chi connectivity index (χ0) is 10.1. The van der Waals surface area contributed by atoms with Crippen molar-refractivity contribution in [2.75, 3.05) is 5.73 Å².